The molecule has 3 heteroatoms. The Morgan fingerprint density at radius 3 is 2.58 bits per heavy atom. The molecule has 0 radical (unpaired) electrons. The summed E-state index contributed by atoms with van der Waals surface area (Å²) in [5.74, 6) is 2.54. The Bertz CT molecular complexity index is 465. The highest BCUT2D eigenvalue weighted by Gasteiger charge is 2.61. The first-order valence-corrected chi connectivity index (χ1v) is 7.36. The van der Waals surface area contributed by atoms with Crippen LogP contribution in [0.4, 0.5) is 0 Å². The molecule has 3 rings (SSSR count). The second kappa shape index (κ2) is 4.35. The van der Waals surface area contributed by atoms with Crippen molar-refractivity contribution in [2.24, 2.45) is 22.5 Å². The molecule has 2 aliphatic carbocycles. The van der Waals surface area contributed by atoms with Gasteiger partial charge in [-0.15, -0.1) is 0 Å². The van der Waals surface area contributed by atoms with E-state index in [0.29, 0.717) is 30.1 Å². The summed E-state index contributed by atoms with van der Waals surface area (Å²) >= 11 is 0. The molecule has 1 aromatic heterocycles. The second-order valence-electron chi connectivity index (χ2n) is 6.98. The van der Waals surface area contributed by atoms with Crippen molar-refractivity contribution in [1.29, 1.82) is 0 Å². The lowest BCUT2D eigenvalue weighted by Crippen LogP contribution is -2.37. The molecule has 2 N–H and O–H groups in total. The number of hydrogen-bond donors (Lipinski definition) is 1. The summed E-state index contributed by atoms with van der Waals surface area (Å²) in [5.41, 5.74) is 6.28. The van der Waals surface area contributed by atoms with E-state index in [-0.39, 0.29) is 0 Å². The topological polar surface area (TPSA) is 48.4 Å². The molecule has 0 amide bonds. The summed E-state index contributed by atoms with van der Waals surface area (Å²) in [6, 6.07) is 3.91. The van der Waals surface area contributed by atoms with Gasteiger partial charge >= 0.3 is 0 Å². The Morgan fingerprint density at radius 1 is 1.32 bits per heavy atom. The van der Waals surface area contributed by atoms with E-state index in [0.717, 1.165) is 17.4 Å². The van der Waals surface area contributed by atoms with Crippen LogP contribution in [0, 0.1) is 16.7 Å². The van der Waals surface area contributed by atoms with Gasteiger partial charge in [-0.1, -0.05) is 20.8 Å². The summed E-state index contributed by atoms with van der Waals surface area (Å²) in [6.07, 6.45) is 4.23. The molecule has 0 spiro atoms. The van der Waals surface area contributed by atoms with Crippen molar-refractivity contribution in [3.05, 3.63) is 23.7 Å². The normalized spacial score (nSPS) is 36.0. The molecule has 3 nitrogen and oxygen atoms in total. The number of hydrogen-bond acceptors (Lipinski definition) is 3. The van der Waals surface area contributed by atoms with Crippen LogP contribution in [-0.2, 0) is 17.9 Å². The fourth-order valence-electron chi connectivity index (χ4n) is 4.17. The molecule has 2 fully saturated rings. The van der Waals surface area contributed by atoms with E-state index in [1.807, 2.05) is 12.1 Å². The standard InChI is InChI=1S/C16H25NO2/c1-15(2)11-6-7-16(15,3)14(8-11)18-10-13-5-4-12(9-17)19-13/h4-5,11,14H,6-10,17H2,1-3H3. The average Bonchev–Trinajstić information content (AvgIpc) is 2.97. The minimum absolute atomic E-state index is 0.320. The van der Waals surface area contributed by atoms with E-state index < -0.39 is 0 Å². The fourth-order valence-corrected chi connectivity index (χ4v) is 4.17. The first kappa shape index (κ1) is 13.2. The van der Waals surface area contributed by atoms with Crippen molar-refractivity contribution in [3.63, 3.8) is 0 Å². The van der Waals surface area contributed by atoms with E-state index in [9.17, 15) is 0 Å². The molecule has 2 bridgehead atoms. The molecule has 2 saturated carbocycles. The van der Waals surface area contributed by atoms with Crippen molar-refractivity contribution >= 4 is 0 Å². The second-order valence-corrected chi connectivity index (χ2v) is 6.98. The van der Waals surface area contributed by atoms with E-state index in [2.05, 4.69) is 20.8 Å². The van der Waals surface area contributed by atoms with Crippen LogP contribution < -0.4 is 5.73 Å². The van der Waals surface area contributed by atoms with E-state index >= 15 is 0 Å². The maximum Gasteiger partial charge on any atom is 0.129 e. The quantitative estimate of drug-likeness (QED) is 0.905. The molecule has 1 heterocycles. The maximum atomic E-state index is 6.18. The fraction of sp³-hybridized carbons (Fsp3) is 0.750. The third-order valence-corrected chi connectivity index (χ3v) is 6.06. The summed E-state index contributed by atoms with van der Waals surface area (Å²) in [5, 5.41) is 0. The number of furan rings is 1. The van der Waals surface area contributed by atoms with Gasteiger partial charge in [0.15, 0.2) is 0 Å². The Balaban J connectivity index is 1.66. The van der Waals surface area contributed by atoms with Gasteiger partial charge in [-0.3, -0.25) is 0 Å². The number of nitrogens with two attached hydrogens (primary N) is 1. The van der Waals surface area contributed by atoms with Gasteiger partial charge in [-0.25, -0.2) is 0 Å². The number of rotatable bonds is 4. The minimum atomic E-state index is 0.320. The van der Waals surface area contributed by atoms with Crippen LogP contribution in [0.5, 0.6) is 0 Å². The van der Waals surface area contributed by atoms with E-state index in [1.54, 1.807) is 0 Å². The third-order valence-electron chi connectivity index (χ3n) is 6.06. The Labute approximate surface area is 115 Å². The lowest BCUT2D eigenvalue weighted by atomic mass is 9.70. The highest BCUT2D eigenvalue weighted by atomic mass is 16.5. The molecule has 0 aromatic carbocycles. The molecule has 106 valence electrons. The highest BCUT2D eigenvalue weighted by molar-refractivity contribution is 5.12. The first-order chi connectivity index (χ1) is 8.97. The van der Waals surface area contributed by atoms with Crippen LogP contribution in [-0.4, -0.2) is 6.10 Å². The van der Waals surface area contributed by atoms with Gasteiger partial charge in [0.05, 0.1) is 12.6 Å². The van der Waals surface area contributed by atoms with Gasteiger partial charge < -0.3 is 14.9 Å². The zero-order valence-electron chi connectivity index (χ0n) is 12.2. The van der Waals surface area contributed by atoms with Crippen LogP contribution in [0.1, 0.15) is 51.6 Å². The average molecular weight is 263 g/mol. The number of ether oxygens (including phenoxy) is 1. The number of fused-ring (bicyclic) bond motifs is 2. The third kappa shape index (κ3) is 1.86. The van der Waals surface area contributed by atoms with Gasteiger partial charge in [0.1, 0.15) is 18.1 Å². The van der Waals surface area contributed by atoms with Crippen LogP contribution in [0.15, 0.2) is 16.5 Å². The Kier molecular flexibility index (Phi) is 3.02. The van der Waals surface area contributed by atoms with Crippen LogP contribution in [0.25, 0.3) is 0 Å². The van der Waals surface area contributed by atoms with Gasteiger partial charge in [0, 0.05) is 0 Å². The predicted octanol–water partition coefficient (Wildman–Crippen LogP) is 3.47. The van der Waals surface area contributed by atoms with Crippen molar-refractivity contribution in [2.45, 2.75) is 59.3 Å². The molecule has 19 heavy (non-hydrogen) atoms. The maximum absolute atomic E-state index is 6.18. The molecule has 3 unspecified atom stereocenters. The molecule has 0 saturated heterocycles. The predicted molar refractivity (Wildman–Crippen MR) is 74.4 cm³/mol. The Morgan fingerprint density at radius 2 is 2.05 bits per heavy atom. The molecular weight excluding hydrogens is 238 g/mol. The largest absolute Gasteiger partial charge is 0.462 e. The highest BCUT2D eigenvalue weighted by Crippen LogP contribution is 2.66. The van der Waals surface area contributed by atoms with Crippen LogP contribution >= 0.6 is 0 Å². The van der Waals surface area contributed by atoms with E-state index in [1.165, 1.54) is 19.3 Å². The SMILES string of the molecule is CC1(C)C2CCC1(C)C(OCc1ccc(CN)o1)C2. The summed E-state index contributed by atoms with van der Waals surface area (Å²) < 4.78 is 11.8. The molecule has 3 atom stereocenters. The van der Waals surface area contributed by atoms with Crippen molar-refractivity contribution in [3.8, 4) is 0 Å². The zero-order chi connectivity index (χ0) is 13.7. The smallest absolute Gasteiger partial charge is 0.129 e. The lowest BCUT2D eigenvalue weighted by Gasteiger charge is -2.38. The van der Waals surface area contributed by atoms with E-state index in [4.69, 9.17) is 14.9 Å². The Hall–Kier alpha value is -0.800. The van der Waals surface area contributed by atoms with Crippen LogP contribution in [0.3, 0.4) is 0 Å². The molecule has 0 aliphatic heterocycles. The summed E-state index contributed by atoms with van der Waals surface area (Å²) in [6.45, 7) is 8.25. The van der Waals surface area contributed by atoms with Crippen molar-refractivity contribution < 1.29 is 9.15 Å². The lowest BCUT2D eigenvalue weighted by molar-refractivity contribution is -0.0598. The van der Waals surface area contributed by atoms with Crippen molar-refractivity contribution in [2.75, 3.05) is 0 Å². The van der Waals surface area contributed by atoms with Gasteiger partial charge in [-0.2, -0.15) is 0 Å². The van der Waals surface area contributed by atoms with Gasteiger partial charge in [0.25, 0.3) is 0 Å². The minimum Gasteiger partial charge on any atom is -0.462 e. The summed E-state index contributed by atoms with van der Waals surface area (Å²) in [7, 11) is 0. The van der Waals surface area contributed by atoms with Gasteiger partial charge in [0.2, 0.25) is 0 Å². The molecular formula is C16H25NO2. The zero-order valence-corrected chi connectivity index (χ0v) is 12.2. The molecule has 1 aromatic rings. The monoisotopic (exact) mass is 263 g/mol. The first-order valence-electron chi connectivity index (χ1n) is 7.36. The van der Waals surface area contributed by atoms with Crippen molar-refractivity contribution in [1.82, 2.24) is 0 Å². The molecule has 2 aliphatic rings. The van der Waals surface area contributed by atoms with Crippen LogP contribution in [0.2, 0.25) is 0 Å². The van der Waals surface area contributed by atoms with Gasteiger partial charge in [-0.05, 0) is 48.1 Å². The summed E-state index contributed by atoms with van der Waals surface area (Å²) in [4.78, 5) is 0.